The fourth-order valence-electron chi connectivity index (χ4n) is 3.44. The molecule has 0 aromatic heterocycles. The van der Waals surface area contributed by atoms with Gasteiger partial charge in [0.25, 0.3) is 10.0 Å². The Labute approximate surface area is 126 Å². The number of rotatable bonds is 4. The highest BCUT2D eigenvalue weighted by atomic mass is 32.2. The van der Waals surface area contributed by atoms with Crippen LogP contribution in [0.2, 0.25) is 0 Å². The highest BCUT2D eigenvalue weighted by Crippen LogP contribution is 2.58. The van der Waals surface area contributed by atoms with Crippen molar-refractivity contribution in [2.75, 3.05) is 0 Å². The van der Waals surface area contributed by atoms with Crippen LogP contribution < -0.4 is 4.72 Å². The van der Waals surface area contributed by atoms with Crippen molar-refractivity contribution < 1.29 is 13.2 Å². The van der Waals surface area contributed by atoms with Crippen LogP contribution >= 0.6 is 0 Å². The van der Waals surface area contributed by atoms with Crippen molar-refractivity contribution >= 4 is 15.9 Å². The third-order valence-corrected chi connectivity index (χ3v) is 6.38. The van der Waals surface area contributed by atoms with E-state index < -0.39 is 10.0 Å². The lowest BCUT2D eigenvalue weighted by atomic mass is 9.52. The van der Waals surface area contributed by atoms with Crippen LogP contribution in [0.5, 0.6) is 0 Å². The number of nitrogens with one attached hydrogen (secondary N) is 1. The second kappa shape index (κ2) is 5.13. The summed E-state index contributed by atoms with van der Waals surface area (Å²) in [6, 6.07) is 6.68. The predicted molar refractivity (Wildman–Crippen MR) is 80.2 cm³/mol. The molecule has 1 aromatic carbocycles. The Morgan fingerprint density at radius 3 is 2.33 bits per heavy atom. The van der Waals surface area contributed by atoms with E-state index >= 15 is 0 Å². The number of sulfonamides is 1. The first-order valence-electron chi connectivity index (χ1n) is 7.60. The van der Waals surface area contributed by atoms with Crippen LogP contribution in [0.15, 0.2) is 29.2 Å². The minimum absolute atomic E-state index is 0.130. The van der Waals surface area contributed by atoms with Gasteiger partial charge in [-0.3, -0.25) is 4.79 Å². The van der Waals surface area contributed by atoms with Crippen molar-refractivity contribution in [1.82, 2.24) is 4.72 Å². The molecule has 3 rings (SSSR count). The van der Waals surface area contributed by atoms with Gasteiger partial charge >= 0.3 is 0 Å². The molecule has 0 heterocycles. The largest absolute Gasteiger partial charge is 0.274 e. The van der Waals surface area contributed by atoms with Gasteiger partial charge in [0, 0.05) is 5.92 Å². The van der Waals surface area contributed by atoms with Gasteiger partial charge in [-0.1, -0.05) is 25.5 Å². The molecule has 0 bridgehead atoms. The molecule has 1 N–H and O–H groups in total. The Kier molecular flexibility index (Phi) is 3.56. The number of hydrogen-bond acceptors (Lipinski definition) is 3. The van der Waals surface area contributed by atoms with Gasteiger partial charge in [-0.15, -0.1) is 0 Å². The Morgan fingerprint density at radius 2 is 1.86 bits per heavy atom. The maximum absolute atomic E-state index is 12.2. The summed E-state index contributed by atoms with van der Waals surface area (Å²) in [6.45, 7) is 2.01. The summed E-state index contributed by atoms with van der Waals surface area (Å²) in [5.41, 5.74) is 1.44. The van der Waals surface area contributed by atoms with Crippen molar-refractivity contribution in [2.45, 2.75) is 50.3 Å². The van der Waals surface area contributed by atoms with Gasteiger partial charge in [0.1, 0.15) is 0 Å². The molecule has 2 aliphatic rings. The van der Waals surface area contributed by atoms with E-state index in [-0.39, 0.29) is 16.7 Å². The van der Waals surface area contributed by atoms with E-state index in [1.807, 2.05) is 6.92 Å². The van der Waals surface area contributed by atoms with E-state index in [0.717, 1.165) is 24.8 Å². The Bertz CT molecular complexity index is 637. The molecule has 4 nitrogen and oxygen atoms in total. The normalized spacial score (nSPS) is 20.6. The third kappa shape index (κ3) is 2.71. The fourth-order valence-corrected chi connectivity index (χ4v) is 4.48. The van der Waals surface area contributed by atoms with Gasteiger partial charge in [0.05, 0.1) is 4.90 Å². The standard InChI is InChI=1S/C16H21NO3S/c1-2-12-4-6-14(7-5-12)21(19,20)17-15(18)13-10-16(11-13)8-3-9-16/h4-7,13H,2-3,8-11H2,1H3,(H,17,18). The number of carbonyl (C=O) groups is 1. The molecule has 1 aromatic rings. The topological polar surface area (TPSA) is 63.2 Å². The Morgan fingerprint density at radius 1 is 1.24 bits per heavy atom. The van der Waals surface area contributed by atoms with E-state index in [0.29, 0.717) is 5.41 Å². The van der Waals surface area contributed by atoms with E-state index in [1.54, 1.807) is 24.3 Å². The lowest BCUT2D eigenvalue weighted by molar-refractivity contribution is -0.134. The second-order valence-electron chi connectivity index (χ2n) is 6.43. The van der Waals surface area contributed by atoms with Gasteiger partial charge in [0.15, 0.2) is 0 Å². The summed E-state index contributed by atoms with van der Waals surface area (Å²) >= 11 is 0. The molecule has 2 saturated carbocycles. The summed E-state index contributed by atoms with van der Waals surface area (Å²) in [5, 5.41) is 0. The molecule has 114 valence electrons. The minimum Gasteiger partial charge on any atom is -0.274 e. The predicted octanol–water partition coefficient (Wildman–Crippen LogP) is 2.63. The molecule has 0 radical (unpaired) electrons. The first-order valence-corrected chi connectivity index (χ1v) is 9.08. The first-order chi connectivity index (χ1) is 9.94. The van der Waals surface area contributed by atoms with E-state index in [9.17, 15) is 13.2 Å². The first kappa shape index (κ1) is 14.6. The maximum Gasteiger partial charge on any atom is 0.264 e. The fraction of sp³-hybridized carbons (Fsp3) is 0.562. The highest BCUT2D eigenvalue weighted by Gasteiger charge is 2.50. The summed E-state index contributed by atoms with van der Waals surface area (Å²) in [5.74, 6) is -0.470. The Balaban J connectivity index is 1.63. The molecule has 2 fully saturated rings. The minimum atomic E-state index is -3.73. The van der Waals surface area contributed by atoms with Gasteiger partial charge in [-0.05, 0) is 55.2 Å². The van der Waals surface area contributed by atoms with Crippen LogP contribution in [-0.4, -0.2) is 14.3 Å². The molecule has 21 heavy (non-hydrogen) atoms. The van der Waals surface area contributed by atoms with E-state index in [2.05, 4.69) is 4.72 Å². The molecule has 1 spiro atoms. The molecular formula is C16H21NO3S. The SMILES string of the molecule is CCc1ccc(S(=O)(=O)NC(=O)C2CC3(CCC3)C2)cc1. The van der Waals surface area contributed by atoms with Gasteiger partial charge in [0.2, 0.25) is 5.91 Å². The van der Waals surface area contributed by atoms with Gasteiger partial charge < -0.3 is 0 Å². The number of benzene rings is 1. The maximum atomic E-state index is 12.2. The number of hydrogen-bond donors (Lipinski definition) is 1. The quantitative estimate of drug-likeness (QED) is 0.930. The highest BCUT2D eigenvalue weighted by molar-refractivity contribution is 7.90. The smallest absolute Gasteiger partial charge is 0.264 e. The molecular weight excluding hydrogens is 286 g/mol. The third-order valence-electron chi connectivity index (χ3n) is 5.02. The summed E-state index contributed by atoms with van der Waals surface area (Å²) in [4.78, 5) is 12.2. The van der Waals surface area contributed by atoms with Crippen LogP contribution in [0.4, 0.5) is 0 Å². The number of aryl methyl sites for hydroxylation is 1. The molecule has 0 atom stereocenters. The van der Waals surface area contributed by atoms with Crippen molar-refractivity contribution in [1.29, 1.82) is 0 Å². The molecule has 1 amide bonds. The number of amides is 1. The second-order valence-corrected chi connectivity index (χ2v) is 8.11. The van der Waals surface area contributed by atoms with Crippen LogP contribution in [0.3, 0.4) is 0 Å². The average Bonchev–Trinajstić information content (AvgIpc) is 2.35. The van der Waals surface area contributed by atoms with Crippen molar-refractivity contribution in [3.63, 3.8) is 0 Å². The van der Waals surface area contributed by atoms with Crippen molar-refractivity contribution in [3.05, 3.63) is 29.8 Å². The monoisotopic (exact) mass is 307 g/mol. The summed E-state index contributed by atoms with van der Waals surface area (Å²) < 4.78 is 26.6. The van der Waals surface area contributed by atoms with Crippen LogP contribution in [0.25, 0.3) is 0 Å². The van der Waals surface area contributed by atoms with Crippen LogP contribution in [0.1, 0.15) is 44.6 Å². The van der Waals surface area contributed by atoms with Gasteiger partial charge in [-0.25, -0.2) is 13.1 Å². The van der Waals surface area contributed by atoms with Crippen molar-refractivity contribution in [3.8, 4) is 0 Å². The summed E-state index contributed by atoms with van der Waals surface area (Å²) in [7, 11) is -3.73. The molecule has 0 unspecified atom stereocenters. The lowest BCUT2D eigenvalue weighted by Crippen LogP contribution is -2.49. The molecule has 2 aliphatic carbocycles. The lowest BCUT2D eigenvalue weighted by Gasteiger charge is -2.53. The average molecular weight is 307 g/mol. The van der Waals surface area contributed by atoms with Crippen LogP contribution in [-0.2, 0) is 21.2 Å². The van der Waals surface area contributed by atoms with Crippen molar-refractivity contribution in [2.24, 2.45) is 11.3 Å². The zero-order valence-electron chi connectivity index (χ0n) is 12.3. The molecule has 5 heteroatoms. The summed E-state index contributed by atoms with van der Waals surface area (Å²) in [6.07, 6.45) is 6.20. The van der Waals surface area contributed by atoms with Gasteiger partial charge in [-0.2, -0.15) is 0 Å². The zero-order valence-corrected chi connectivity index (χ0v) is 13.1. The van der Waals surface area contributed by atoms with E-state index in [1.165, 1.54) is 19.3 Å². The van der Waals surface area contributed by atoms with E-state index in [4.69, 9.17) is 0 Å². The molecule has 0 saturated heterocycles. The zero-order chi connectivity index (χ0) is 15.1. The number of carbonyl (C=O) groups excluding carboxylic acids is 1. The van der Waals surface area contributed by atoms with Crippen LogP contribution in [0, 0.1) is 11.3 Å². The Hall–Kier alpha value is -1.36. The molecule has 0 aliphatic heterocycles.